The minimum Gasteiger partial charge on any atom is -0.377 e. The highest BCUT2D eigenvalue weighted by Crippen LogP contribution is 2.22. The van der Waals surface area contributed by atoms with Crippen LogP contribution < -0.4 is 0 Å². The Morgan fingerprint density at radius 3 is 2.00 bits per heavy atom. The predicted octanol–water partition coefficient (Wildman–Crippen LogP) is 5.00. The molecule has 1 aromatic carbocycles. The van der Waals surface area contributed by atoms with Crippen molar-refractivity contribution < 1.29 is 30.8 Å². The van der Waals surface area contributed by atoms with Gasteiger partial charge in [0.2, 0.25) is 0 Å². The maximum atomic E-state index is 13.6. The molecule has 0 amide bonds. The van der Waals surface area contributed by atoms with Gasteiger partial charge in [0.15, 0.2) is 23.3 Å². The molecule has 0 atom stereocenters. The molecule has 0 N–H and O–H groups in total. The molecule has 0 unspecified atom stereocenters. The normalized spacial score (nSPS) is 12.0. The van der Waals surface area contributed by atoms with Crippen LogP contribution in [-0.2, 0) is 19.7 Å². The molecule has 3 nitrogen and oxygen atoms in total. The van der Waals surface area contributed by atoms with Gasteiger partial charge in [-0.1, -0.05) is 12.8 Å². The lowest BCUT2D eigenvalue weighted by Crippen LogP contribution is -2.44. The van der Waals surface area contributed by atoms with Crippen molar-refractivity contribution in [3.05, 3.63) is 34.9 Å². The number of hydrogen-bond acceptors (Lipinski definition) is 3. The zero-order chi connectivity index (χ0) is 18.9. The summed E-state index contributed by atoms with van der Waals surface area (Å²) in [5.74, 6) is -6.19. The molecule has 0 aliphatic carbocycles. The van der Waals surface area contributed by atoms with E-state index in [0.29, 0.717) is 25.7 Å². The number of aryl methyl sites for hydroxylation is 1. The van der Waals surface area contributed by atoms with E-state index in [0.717, 1.165) is 25.3 Å². The Bertz CT molecular complexity index is 537. The van der Waals surface area contributed by atoms with Crippen molar-refractivity contribution in [3.8, 4) is 0 Å². The van der Waals surface area contributed by atoms with Gasteiger partial charge in [-0.3, -0.25) is 0 Å². The summed E-state index contributed by atoms with van der Waals surface area (Å²) in [6.45, 7) is 4.80. The van der Waals surface area contributed by atoms with Crippen molar-refractivity contribution in [1.82, 2.24) is 0 Å². The van der Waals surface area contributed by atoms with E-state index in [1.54, 1.807) is 7.11 Å². The highest BCUT2D eigenvalue weighted by atomic mass is 28.4. The Kier molecular flexibility index (Phi) is 9.63. The molecular weight excluding hydrogens is 356 g/mol. The molecule has 1 aromatic rings. The zero-order valence-electron chi connectivity index (χ0n) is 15.0. The molecule has 0 saturated heterocycles. The summed E-state index contributed by atoms with van der Waals surface area (Å²) in [5, 5.41) is 0. The summed E-state index contributed by atoms with van der Waals surface area (Å²) in [6, 6.07) is 1.40. The monoisotopic (exact) mass is 382 g/mol. The average Bonchev–Trinajstić information content (AvgIpc) is 2.60. The smallest absolute Gasteiger partial charge is 0.377 e. The topological polar surface area (TPSA) is 27.7 Å². The van der Waals surface area contributed by atoms with E-state index in [9.17, 15) is 17.6 Å². The van der Waals surface area contributed by atoms with Crippen LogP contribution in [0.3, 0.4) is 0 Å². The van der Waals surface area contributed by atoms with Gasteiger partial charge >= 0.3 is 8.80 Å². The first-order chi connectivity index (χ1) is 11.9. The molecule has 8 heteroatoms. The molecule has 0 radical (unpaired) electrons. The van der Waals surface area contributed by atoms with E-state index in [1.807, 2.05) is 13.8 Å². The fraction of sp³-hybridized carbons (Fsp3) is 0.647. The van der Waals surface area contributed by atoms with Crippen molar-refractivity contribution in [2.24, 2.45) is 0 Å². The molecule has 0 fully saturated rings. The fourth-order valence-electron chi connectivity index (χ4n) is 2.66. The molecule has 25 heavy (non-hydrogen) atoms. The second kappa shape index (κ2) is 10.9. The van der Waals surface area contributed by atoms with Crippen LogP contribution in [0.25, 0.3) is 0 Å². The summed E-state index contributed by atoms with van der Waals surface area (Å²) >= 11 is 0. The largest absolute Gasteiger partial charge is 0.500 e. The number of halogens is 4. The molecular formula is C17H26F4O3Si. The van der Waals surface area contributed by atoms with Gasteiger partial charge < -0.3 is 13.3 Å². The predicted molar refractivity (Wildman–Crippen MR) is 89.3 cm³/mol. The van der Waals surface area contributed by atoms with Crippen LogP contribution in [0.1, 0.15) is 45.1 Å². The minimum absolute atomic E-state index is 0.138. The van der Waals surface area contributed by atoms with E-state index in [-0.39, 0.29) is 12.0 Å². The lowest BCUT2D eigenvalue weighted by Gasteiger charge is -2.27. The highest BCUT2D eigenvalue weighted by Gasteiger charge is 2.38. The summed E-state index contributed by atoms with van der Waals surface area (Å²) in [4.78, 5) is 0. The van der Waals surface area contributed by atoms with Crippen LogP contribution in [0.2, 0.25) is 6.04 Å². The van der Waals surface area contributed by atoms with E-state index in [2.05, 4.69) is 0 Å². The lowest BCUT2D eigenvalue weighted by atomic mass is 10.1. The van der Waals surface area contributed by atoms with Crippen LogP contribution in [0.4, 0.5) is 17.6 Å². The molecule has 0 aliphatic rings. The van der Waals surface area contributed by atoms with Crippen molar-refractivity contribution in [2.75, 3.05) is 20.3 Å². The minimum atomic E-state index is -2.62. The number of benzene rings is 1. The number of hydrogen-bond donors (Lipinski definition) is 0. The van der Waals surface area contributed by atoms with Crippen LogP contribution in [-0.4, -0.2) is 29.1 Å². The first-order valence-corrected chi connectivity index (χ1v) is 10.5. The standard InChI is InChI=1S/C17H26F4O3Si/c1-4-23-25(22-3,24-5-2)11-9-7-6-8-10-13-12-14(18)16(20)17(21)15(13)19/h12H,4-11H2,1-3H3. The second-order valence-corrected chi connectivity index (χ2v) is 8.48. The highest BCUT2D eigenvalue weighted by molar-refractivity contribution is 6.60. The SMILES string of the molecule is CCO[Si](CCCCCCc1cc(F)c(F)c(F)c1F)(OC)OCC. The molecule has 0 aromatic heterocycles. The Morgan fingerprint density at radius 1 is 0.840 bits per heavy atom. The summed E-state index contributed by atoms with van der Waals surface area (Å²) in [7, 11) is -1.04. The maximum absolute atomic E-state index is 13.6. The lowest BCUT2D eigenvalue weighted by molar-refractivity contribution is 0.0859. The summed E-state index contributed by atoms with van der Waals surface area (Å²) in [6.07, 6.45) is 3.09. The molecule has 0 bridgehead atoms. The van der Waals surface area contributed by atoms with Crippen LogP contribution >= 0.6 is 0 Å². The van der Waals surface area contributed by atoms with Gasteiger partial charge in [0.05, 0.1) is 0 Å². The van der Waals surface area contributed by atoms with E-state index in [4.69, 9.17) is 13.3 Å². The van der Waals surface area contributed by atoms with Gasteiger partial charge in [-0.25, -0.2) is 17.6 Å². The molecule has 144 valence electrons. The fourth-order valence-corrected chi connectivity index (χ4v) is 5.03. The van der Waals surface area contributed by atoms with Crippen LogP contribution in [0.15, 0.2) is 6.07 Å². The zero-order valence-corrected chi connectivity index (χ0v) is 16.0. The molecule has 1 rings (SSSR count). The summed E-state index contributed by atoms with van der Waals surface area (Å²) in [5.41, 5.74) is -0.138. The van der Waals surface area contributed by atoms with Gasteiger partial charge in [-0.2, -0.15) is 0 Å². The molecule has 0 spiro atoms. The Labute approximate surface area is 147 Å². The third-order valence-corrected chi connectivity index (χ3v) is 6.94. The molecule has 0 heterocycles. The number of rotatable bonds is 12. The van der Waals surface area contributed by atoms with Gasteiger partial charge in [-0.15, -0.1) is 0 Å². The van der Waals surface area contributed by atoms with E-state index in [1.165, 1.54) is 0 Å². The Hall–Kier alpha value is -0.963. The molecule has 0 saturated carbocycles. The van der Waals surface area contributed by atoms with Crippen molar-refractivity contribution in [2.45, 2.75) is 52.0 Å². The van der Waals surface area contributed by atoms with Crippen LogP contribution in [0.5, 0.6) is 0 Å². The number of unbranched alkanes of at least 4 members (excludes halogenated alkanes) is 3. The quantitative estimate of drug-likeness (QED) is 0.167. The average molecular weight is 382 g/mol. The third-order valence-electron chi connectivity index (χ3n) is 3.90. The van der Waals surface area contributed by atoms with E-state index < -0.39 is 32.1 Å². The van der Waals surface area contributed by atoms with Gasteiger partial charge in [0.1, 0.15) is 0 Å². The second-order valence-electron chi connectivity index (χ2n) is 5.63. The Balaban J connectivity index is 2.41. The van der Waals surface area contributed by atoms with E-state index >= 15 is 0 Å². The third kappa shape index (κ3) is 6.36. The summed E-state index contributed by atoms with van der Waals surface area (Å²) < 4.78 is 69.6. The van der Waals surface area contributed by atoms with Crippen molar-refractivity contribution in [3.63, 3.8) is 0 Å². The van der Waals surface area contributed by atoms with Crippen LogP contribution in [0, 0.1) is 23.3 Å². The first kappa shape index (κ1) is 22.1. The molecule has 0 aliphatic heterocycles. The Morgan fingerprint density at radius 2 is 1.44 bits per heavy atom. The van der Waals surface area contributed by atoms with Crippen molar-refractivity contribution in [1.29, 1.82) is 0 Å². The van der Waals surface area contributed by atoms with Gasteiger partial charge in [-0.05, 0) is 44.7 Å². The maximum Gasteiger partial charge on any atom is 0.500 e. The first-order valence-electron chi connectivity index (χ1n) is 8.55. The van der Waals surface area contributed by atoms with Crippen molar-refractivity contribution >= 4 is 8.80 Å². The van der Waals surface area contributed by atoms with Gasteiger partial charge in [0.25, 0.3) is 0 Å². The van der Waals surface area contributed by atoms with Gasteiger partial charge in [0, 0.05) is 26.4 Å².